The van der Waals surface area contributed by atoms with Gasteiger partial charge < -0.3 is 14.0 Å². The van der Waals surface area contributed by atoms with Gasteiger partial charge in [-0.15, -0.1) is 0 Å². The van der Waals surface area contributed by atoms with Crippen LogP contribution < -0.4 is 14.9 Å². The lowest BCUT2D eigenvalue weighted by molar-refractivity contribution is -0.130. The molecule has 1 unspecified atom stereocenters. The number of para-hydroxylation sites is 1. The highest BCUT2D eigenvalue weighted by atomic mass is 16.6. The summed E-state index contributed by atoms with van der Waals surface area (Å²) in [6.07, 6.45) is 2.96. The van der Waals surface area contributed by atoms with E-state index in [1.165, 1.54) is 5.56 Å². The zero-order valence-electron chi connectivity index (χ0n) is 20.2. The summed E-state index contributed by atoms with van der Waals surface area (Å²) in [5, 5.41) is 5.30. The maximum atomic E-state index is 12.8. The van der Waals surface area contributed by atoms with Gasteiger partial charge in [0.2, 0.25) is 6.10 Å². The van der Waals surface area contributed by atoms with E-state index in [2.05, 4.69) is 66.3 Å². The number of rotatable bonds is 5. The third kappa shape index (κ3) is 4.92. The average Bonchev–Trinajstić information content (AvgIpc) is 3.20. The predicted octanol–water partition coefficient (Wildman–Crippen LogP) is 5.28. The Balaban J connectivity index is 1.29. The number of fused-ring (bicyclic) bond motifs is 2. The Morgan fingerprint density at radius 2 is 1.83 bits per heavy atom. The van der Waals surface area contributed by atoms with Crippen molar-refractivity contribution in [2.45, 2.75) is 38.8 Å². The van der Waals surface area contributed by atoms with Crippen molar-refractivity contribution in [1.82, 2.24) is 9.99 Å². The number of hydrogen-bond acceptors (Lipinski definition) is 4. The summed E-state index contributed by atoms with van der Waals surface area (Å²) in [6, 6.07) is 24.4. The number of carbonyl (C=O) groups is 1. The average molecular weight is 468 g/mol. The Bertz CT molecular complexity index is 1380. The first-order valence-corrected chi connectivity index (χ1v) is 11.8. The molecule has 0 saturated heterocycles. The molecule has 1 aliphatic rings. The molecule has 178 valence electrons. The summed E-state index contributed by atoms with van der Waals surface area (Å²) < 4.78 is 13.9. The van der Waals surface area contributed by atoms with E-state index in [0.29, 0.717) is 11.5 Å². The van der Waals surface area contributed by atoms with Crippen molar-refractivity contribution in [1.29, 1.82) is 0 Å². The first-order valence-electron chi connectivity index (χ1n) is 11.8. The Hall–Kier alpha value is -4.06. The number of hydrogen-bond donors (Lipinski definition) is 1. The molecule has 0 spiro atoms. The van der Waals surface area contributed by atoms with Crippen molar-refractivity contribution in [3.8, 4) is 11.5 Å². The fraction of sp³-hybridized carbons (Fsp3) is 0.241. The molecule has 0 fully saturated rings. The maximum Gasteiger partial charge on any atom is 0.284 e. The van der Waals surface area contributed by atoms with Gasteiger partial charge in [-0.25, -0.2) is 5.43 Å². The number of nitrogens with zero attached hydrogens (tertiary/aromatic N) is 2. The minimum absolute atomic E-state index is 0.0302. The number of hydrazone groups is 1. The van der Waals surface area contributed by atoms with E-state index in [1.54, 1.807) is 6.21 Å². The minimum Gasteiger partial charge on any atom is -0.485 e. The van der Waals surface area contributed by atoms with E-state index in [0.717, 1.165) is 28.6 Å². The normalized spacial score (nSPS) is 15.5. The van der Waals surface area contributed by atoms with Gasteiger partial charge in [-0.05, 0) is 34.7 Å². The second kappa shape index (κ2) is 9.29. The van der Waals surface area contributed by atoms with Gasteiger partial charge in [-0.2, -0.15) is 5.10 Å². The molecular weight excluding hydrogens is 438 g/mol. The molecule has 1 N–H and O–H groups in total. The molecule has 1 aliphatic heterocycles. The zero-order valence-corrected chi connectivity index (χ0v) is 20.2. The molecule has 0 aliphatic carbocycles. The fourth-order valence-corrected chi connectivity index (χ4v) is 4.19. The van der Waals surface area contributed by atoms with Crippen LogP contribution in [-0.4, -0.2) is 29.4 Å². The molecule has 1 amide bonds. The van der Waals surface area contributed by atoms with Gasteiger partial charge in [0.1, 0.15) is 6.61 Å². The summed E-state index contributed by atoms with van der Waals surface area (Å²) in [5.41, 5.74) is 6.96. The van der Waals surface area contributed by atoms with Gasteiger partial charge in [0.15, 0.2) is 11.5 Å². The number of carbonyl (C=O) groups excluding carboxylic acids is 1. The monoisotopic (exact) mass is 467 g/mol. The van der Waals surface area contributed by atoms with Crippen LogP contribution in [0.15, 0.2) is 84.1 Å². The Kier molecular flexibility index (Phi) is 6.03. The van der Waals surface area contributed by atoms with Crippen molar-refractivity contribution >= 4 is 23.0 Å². The van der Waals surface area contributed by atoms with Crippen LogP contribution >= 0.6 is 0 Å². The maximum absolute atomic E-state index is 12.8. The molecule has 6 heteroatoms. The minimum atomic E-state index is -0.769. The standard InChI is InChI=1S/C29H29N3O3/c1-29(2,3)22-13-14-25-26(15-22)35-27(19-34-25)28(33)31-30-16-21-18-32(17-20-9-5-4-6-10-20)24-12-8-7-11-23(21)24/h4-16,18,27H,17,19H2,1-3H3,(H,31,33)/b30-16-. The van der Waals surface area contributed by atoms with E-state index in [1.807, 2.05) is 48.5 Å². The van der Waals surface area contributed by atoms with Crippen LogP contribution in [0.4, 0.5) is 0 Å². The molecule has 1 aromatic heterocycles. The van der Waals surface area contributed by atoms with Crippen LogP contribution in [0, 0.1) is 0 Å². The molecule has 35 heavy (non-hydrogen) atoms. The summed E-state index contributed by atoms with van der Waals surface area (Å²) in [6.45, 7) is 7.29. The molecule has 4 aromatic rings. The zero-order chi connectivity index (χ0) is 24.4. The van der Waals surface area contributed by atoms with Crippen LogP contribution in [0.2, 0.25) is 0 Å². The summed E-state index contributed by atoms with van der Waals surface area (Å²) >= 11 is 0. The van der Waals surface area contributed by atoms with Crippen LogP contribution in [0.1, 0.15) is 37.5 Å². The molecule has 0 saturated carbocycles. The largest absolute Gasteiger partial charge is 0.485 e. The molecule has 3 aromatic carbocycles. The summed E-state index contributed by atoms with van der Waals surface area (Å²) in [7, 11) is 0. The van der Waals surface area contributed by atoms with Crippen molar-refractivity contribution in [2.75, 3.05) is 6.61 Å². The van der Waals surface area contributed by atoms with Crippen molar-refractivity contribution < 1.29 is 14.3 Å². The van der Waals surface area contributed by atoms with Crippen LogP contribution in [0.25, 0.3) is 10.9 Å². The van der Waals surface area contributed by atoms with Crippen LogP contribution in [0.5, 0.6) is 11.5 Å². The third-order valence-corrected chi connectivity index (χ3v) is 6.16. The van der Waals surface area contributed by atoms with Crippen molar-refractivity contribution in [3.63, 3.8) is 0 Å². The first kappa shape index (κ1) is 22.7. The topological polar surface area (TPSA) is 64.8 Å². The smallest absolute Gasteiger partial charge is 0.284 e. The Morgan fingerprint density at radius 3 is 2.63 bits per heavy atom. The highest BCUT2D eigenvalue weighted by molar-refractivity contribution is 5.99. The fourth-order valence-electron chi connectivity index (χ4n) is 4.19. The van der Waals surface area contributed by atoms with E-state index in [4.69, 9.17) is 9.47 Å². The van der Waals surface area contributed by atoms with Crippen molar-refractivity contribution in [3.05, 3.63) is 95.7 Å². The molecule has 5 rings (SSSR count). The summed E-state index contributed by atoms with van der Waals surface area (Å²) in [4.78, 5) is 12.8. The van der Waals surface area contributed by atoms with Gasteiger partial charge in [-0.1, -0.05) is 75.4 Å². The molecule has 2 heterocycles. The number of nitrogens with one attached hydrogen (secondary N) is 1. The second-order valence-electron chi connectivity index (χ2n) is 9.78. The molecule has 1 atom stereocenters. The Labute approximate surface area is 205 Å². The number of amides is 1. The van der Waals surface area contributed by atoms with Crippen LogP contribution in [-0.2, 0) is 16.8 Å². The second-order valence-corrected chi connectivity index (χ2v) is 9.78. The van der Waals surface area contributed by atoms with E-state index < -0.39 is 6.10 Å². The summed E-state index contributed by atoms with van der Waals surface area (Å²) in [5.74, 6) is 0.884. The molecule has 6 nitrogen and oxygen atoms in total. The van der Waals surface area contributed by atoms with Gasteiger partial charge >= 0.3 is 0 Å². The van der Waals surface area contributed by atoms with Gasteiger partial charge in [0, 0.05) is 29.2 Å². The lowest BCUT2D eigenvalue weighted by atomic mass is 9.87. The highest BCUT2D eigenvalue weighted by Crippen LogP contribution is 2.36. The molecule has 0 bridgehead atoms. The van der Waals surface area contributed by atoms with Crippen LogP contribution in [0.3, 0.4) is 0 Å². The quantitative estimate of drug-likeness (QED) is 0.321. The van der Waals surface area contributed by atoms with E-state index in [-0.39, 0.29) is 17.9 Å². The lowest BCUT2D eigenvalue weighted by Gasteiger charge is -2.27. The lowest BCUT2D eigenvalue weighted by Crippen LogP contribution is -2.42. The molecular formula is C29H29N3O3. The highest BCUT2D eigenvalue weighted by Gasteiger charge is 2.28. The number of ether oxygens (including phenoxy) is 2. The van der Waals surface area contributed by atoms with Gasteiger partial charge in [0.25, 0.3) is 5.91 Å². The van der Waals surface area contributed by atoms with Gasteiger partial charge in [0.05, 0.1) is 6.21 Å². The number of aromatic nitrogens is 1. The molecule has 0 radical (unpaired) electrons. The predicted molar refractivity (Wildman–Crippen MR) is 138 cm³/mol. The third-order valence-electron chi connectivity index (χ3n) is 6.16. The first-order chi connectivity index (χ1) is 16.9. The van der Waals surface area contributed by atoms with Gasteiger partial charge in [-0.3, -0.25) is 4.79 Å². The van der Waals surface area contributed by atoms with Crippen molar-refractivity contribution in [2.24, 2.45) is 5.10 Å². The SMILES string of the molecule is CC(C)(C)c1ccc2c(c1)OC(C(=O)N/N=C\c1cn(Cc3ccccc3)c3ccccc13)CO2. The van der Waals surface area contributed by atoms with E-state index >= 15 is 0 Å². The van der Waals surface area contributed by atoms with E-state index in [9.17, 15) is 4.79 Å². The Morgan fingerprint density at radius 1 is 1.06 bits per heavy atom. The number of benzene rings is 3.